The predicted molar refractivity (Wildman–Crippen MR) is 86.2 cm³/mol. The van der Waals surface area contributed by atoms with E-state index in [0.29, 0.717) is 0 Å². The van der Waals surface area contributed by atoms with Crippen LogP contribution in [0.2, 0.25) is 0 Å². The van der Waals surface area contributed by atoms with Crippen molar-refractivity contribution < 1.29 is 0 Å². The molecule has 0 aliphatic heterocycles. The van der Waals surface area contributed by atoms with Crippen LogP contribution in [0, 0.1) is 0 Å². The van der Waals surface area contributed by atoms with E-state index >= 15 is 0 Å². The average molecular weight is 317 g/mol. The molecular formula is C15H25BrS. The SMILES string of the molecule is CCCCS(Br)(CCCC)Cc1ccccc1. The van der Waals surface area contributed by atoms with Gasteiger partial charge in [0.2, 0.25) is 0 Å². The number of halogens is 1. The lowest BCUT2D eigenvalue weighted by molar-refractivity contribution is 0.871. The van der Waals surface area contributed by atoms with Crippen LogP contribution in [0.15, 0.2) is 30.3 Å². The van der Waals surface area contributed by atoms with Crippen LogP contribution < -0.4 is 0 Å². The topological polar surface area (TPSA) is 0 Å². The van der Waals surface area contributed by atoms with E-state index in [-0.39, 0.29) is 0 Å². The molecule has 1 aromatic carbocycles. The van der Waals surface area contributed by atoms with E-state index in [2.05, 4.69) is 59.0 Å². The van der Waals surface area contributed by atoms with Crippen molar-refractivity contribution in [2.24, 2.45) is 0 Å². The van der Waals surface area contributed by atoms with Crippen LogP contribution in [0.3, 0.4) is 0 Å². The minimum atomic E-state index is -0.604. The molecular weight excluding hydrogens is 292 g/mol. The Hall–Kier alpha value is 0.0500. The first-order chi connectivity index (χ1) is 8.20. The molecule has 0 radical (unpaired) electrons. The third kappa shape index (κ3) is 5.96. The number of unbranched alkanes of at least 4 members (excludes halogenated alkanes) is 2. The summed E-state index contributed by atoms with van der Waals surface area (Å²) >= 11 is 4.11. The van der Waals surface area contributed by atoms with Gasteiger partial charge >= 0.3 is 0 Å². The van der Waals surface area contributed by atoms with Gasteiger partial charge in [0.15, 0.2) is 0 Å². The fourth-order valence-corrected chi connectivity index (χ4v) is 6.99. The van der Waals surface area contributed by atoms with E-state index in [1.54, 1.807) is 0 Å². The van der Waals surface area contributed by atoms with E-state index in [4.69, 9.17) is 0 Å². The standard InChI is InChI=1S/C15H25BrS/c1-3-5-12-17(16,13-6-4-2)14-15-10-8-7-9-11-15/h7-11H,3-6,12-14H2,1-2H3. The zero-order valence-electron chi connectivity index (χ0n) is 11.1. The maximum atomic E-state index is 4.11. The van der Waals surface area contributed by atoms with Crippen molar-refractivity contribution in [3.05, 3.63) is 35.9 Å². The highest BCUT2D eigenvalue weighted by Crippen LogP contribution is 2.59. The van der Waals surface area contributed by atoms with Gasteiger partial charge in [0.25, 0.3) is 0 Å². The van der Waals surface area contributed by atoms with Gasteiger partial charge in [-0.15, -0.1) is 0 Å². The minimum absolute atomic E-state index is 0.604. The van der Waals surface area contributed by atoms with E-state index in [1.165, 1.54) is 48.5 Å². The summed E-state index contributed by atoms with van der Waals surface area (Å²) in [5, 5.41) is 0. The largest absolute Gasteiger partial charge is 0.179 e. The number of hydrogen-bond donors (Lipinski definition) is 0. The zero-order chi connectivity index (χ0) is 12.6. The van der Waals surface area contributed by atoms with Gasteiger partial charge in [-0.25, -0.2) is 0 Å². The Morgan fingerprint density at radius 2 is 1.47 bits per heavy atom. The average Bonchev–Trinajstić information content (AvgIpc) is 2.35. The zero-order valence-corrected chi connectivity index (χ0v) is 13.5. The first-order valence-electron chi connectivity index (χ1n) is 6.70. The summed E-state index contributed by atoms with van der Waals surface area (Å²) < 4.78 is 0. The van der Waals surface area contributed by atoms with Crippen LogP contribution in [-0.4, -0.2) is 11.5 Å². The molecule has 0 heterocycles. The van der Waals surface area contributed by atoms with Crippen LogP contribution in [0.1, 0.15) is 45.1 Å². The van der Waals surface area contributed by atoms with Crippen LogP contribution >= 0.6 is 23.3 Å². The Morgan fingerprint density at radius 3 is 1.94 bits per heavy atom. The highest BCUT2D eigenvalue weighted by atomic mass is 79.9. The molecule has 0 nitrogen and oxygen atoms in total. The summed E-state index contributed by atoms with van der Waals surface area (Å²) in [6.07, 6.45) is 5.33. The first-order valence-corrected chi connectivity index (χ1v) is 10.7. The molecule has 2 heteroatoms. The van der Waals surface area contributed by atoms with Crippen LogP contribution in [0.4, 0.5) is 0 Å². The van der Waals surface area contributed by atoms with Crippen molar-refractivity contribution >= 4 is 23.3 Å². The highest BCUT2D eigenvalue weighted by Gasteiger charge is 2.19. The smallest absolute Gasteiger partial charge is 0.0116 e. The summed E-state index contributed by atoms with van der Waals surface area (Å²) in [6.45, 7) is 4.57. The maximum Gasteiger partial charge on any atom is 0.0116 e. The van der Waals surface area contributed by atoms with Crippen molar-refractivity contribution in [2.45, 2.75) is 45.3 Å². The van der Waals surface area contributed by atoms with E-state index < -0.39 is 8.46 Å². The Morgan fingerprint density at radius 1 is 0.941 bits per heavy atom. The van der Waals surface area contributed by atoms with Gasteiger partial charge in [-0.3, -0.25) is 0 Å². The normalized spacial score (nSPS) is 12.6. The molecule has 0 aromatic heterocycles. The van der Waals surface area contributed by atoms with Gasteiger partial charge in [-0.1, -0.05) is 57.0 Å². The third-order valence-corrected chi connectivity index (χ3v) is 8.52. The van der Waals surface area contributed by atoms with Crippen molar-refractivity contribution in [3.8, 4) is 0 Å². The van der Waals surface area contributed by atoms with Crippen molar-refractivity contribution in [1.82, 2.24) is 0 Å². The van der Waals surface area contributed by atoms with E-state index in [1.807, 2.05) is 0 Å². The fourth-order valence-electron chi connectivity index (χ4n) is 1.93. The molecule has 0 fully saturated rings. The lowest BCUT2D eigenvalue weighted by Gasteiger charge is -2.34. The highest BCUT2D eigenvalue weighted by molar-refractivity contribution is 9.58. The molecule has 0 bridgehead atoms. The van der Waals surface area contributed by atoms with Crippen molar-refractivity contribution in [3.63, 3.8) is 0 Å². The molecule has 0 aliphatic carbocycles. The molecule has 0 aliphatic rings. The molecule has 0 N–H and O–H groups in total. The second-order valence-electron chi connectivity index (χ2n) is 4.68. The summed E-state index contributed by atoms with van der Waals surface area (Å²) in [7, 11) is -0.604. The minimum Gasteiger partial charge on any atom is -0.179 e. The van der Waals surface area contributed by atoms with Gasteiger partial charge in [-0.2, -0.15) is 8.46 Å². The Labute approximate surface area is 116 Å². The maximum absolute atomic E-state index is 4.11. The quantitative estimate of drug-likeness (QED) is 0.560. The van der Waals surface area contributed by atoms with Crippen LogP contribution in [0.5, 0.6) is 0 Å². The number of hydrogen-bond acceptors (Lipinski definition) is 0. The second-order valence-corrected chi connectivity index (χ2v) is 11.8. The molecule has 98 valence electrons. The first kappa shape index (κ1) is 15.1. The molecule has 1 rings (SSSR count). The van der Waals surface area contributed by atoms with Crippen LogP contribution in [-0.2, 0) is 5.75 Å². The van der Waals surface area contributed by atoms with Gasteiger partial charge in [-0.05, 0) is 44.7 Å². The van der Waals surface area contributed by atoms with Gasteiger partial charge in [0.05, 0.1) is 0 Å². The van der Waals surface area contributed by atoms with E-state index in [9.17, 15) is 0 Å². The van der Waals surface area contributed by atoms with Crippen LogP contribution in [0.25, 0.3) is 0 Å². The predicted octanol–water partition coefficient (Wildman–Crippen LogP) is 5.90. The number of benzene rings is 1. The lowest BCUT2D eigenvalue weighted by atomic mass is 10.2. The summed E-state index contributed by atoms with van der Waals surface area (Å²) in [5.74, 6) is 3.99. The summed E-state index contributed by atoms with van der Waals surface area (Å²) in [6, 6.07) is 10.9. The van der Waals surface area contributed by atoms with E-state index in [0.717, 1.165) is 0 Å². The van der Waals surface area contributed by atoms with Crippen molar-refractivity contribution in [2.75, 3.05) is 11.5 Å². The lowest BCUT2D eigenvalue weighted by Crippen LogP contribution is -2.06. The Kier molecular flexibility index (Phi) is 7.29. The van der Waals surface area contributed by atoms with Crippen molar-refractivity contribution in [1.29, 1.82) is 0 Å². The fraction of sp³-hybridized carbons (Fsp3) is 0.600. The van der Waals surface area contributed by atoms with Gasteiger partial charge in [0.1, 0.15) is 0 Å². The summed E-state index contributed by atoms with van der Waals surface area (Å²) in [4.78, 5) is 0. The molecule has 17 heavy (non-hydrogen) atoms. The molecule has 0 saturated heterocycles. The molecule has 0 amide bonds. The molecule has 0 unspecified atom stereocenters. The van der Waals surface area contributed by atoms with Gasteiger partial charge < -0.3 is 0 Å². The number of rotatable bonds is 8. The Balaban J connectivity index is 2.61. The molecule has 1 aromatic rings. The summed E-state index contributed by atoms with van der Waals surface area (Å²) in [5.41, 5.74) is 1.49. The molecule has 0 atom stereocenters. The molecule has 0 spiro atoms. The molecule has 0 saturated carbocycles. The van der Waals surface area contributed by atoms with Gasteiger partial charge in [0, 0.05) is 5.75 Å². The second kappa shape index (κ2) is 8.20. The third-order valence-electron chi connectivity index (χ3n) is 3.00. The monoisotopic (exact) mass is 316 g/mol. The Bertz CT molecular complexity index is 289.